The van der Waals surface area contributed by atoms with Gasteiger partial charge in [0.2, 0.25) is 0 Å². The number of nitrogens with zero attached hydrogens (tertiary/aromatic N) is 4. The third-order valence-corrected chi connectivity index (χ3v) is 12.7. The van der Waals surface area contributed by atoms with E-state index in [1.807, 2.05) is 50.0 Å². The molecule has 0 atom stereocenters. The van der Waals surface area contributed by atoms with Crippen molar-refractivity contribution in [3.8, 4) is 5.75 Å². The number of aromatic hydroxyl groups is 1. The first-order chi connectivity index (χ1) is 33.9. The lowest BCUT2D eigenvalue weighted by molar-refractivity contribution is -0.137. The first kappa shape index (κ1) is 52.8. The molecule has 0 radical (unpaired) electrons. The minimum Gasteiger partial charge on any atom is -0.508 e. The maximum Gasteiger partial charge on any atom is 0.307 e. The van der Waals surface area contributed by atoms with Crippen molar-refractivity contribution >= 4 is 66.5 Å². The minimum absolute atomic E-state index is 0.0382. The number of phenolic OH excluding ortho intramolecular Hbond substituents is 1. The average molecular weight is 959 g/mol. The number of hydrogen-bond acceptors (Lipinski definition) is 5. The molecule has 5 aromatic heterocycles. The second-order valence-electron chi connectivity index (χ2n) is 18.6. The summed E-state index contributed by atoms with van der Waals surface area (Å²) in [4.78, 5) is 24.2. The van der Waals surface area contributed by atoms with E-state index >= 15 is 0 Å². The van der Waals surface area contributed by atoms with E-state index in [-0.39, 0.29) is 25.2 Å². The molecule has 7 N–H and O–H groups in total. The monoisotopic (exact) mass is 959 g/mol. The van der Waals surface area contributed by atoms with Gasteiger partial charge in [0.1, 0.15) is 5.75 Å². The number of carbonyl (C=O) groups is 2. The minimum atomic E-state index is -0.880. The molecule has 5 aromatic carbocycles. The Bertz CT molecular complexity index is 3230. The number of hydrogen-bond donors (Lipinski definition) is 6. The van der Waals surface area contributed by atoms with Gasteiger partial charge in [0.05, 0.1) is 12.8 Å². The standard InChI is InChI=1S/C13H17N.C12H16N2.C12H13NO2.C12H15NO.C10H9NO3/c1-4-5-11-9-14(3)13-7-6-10(2)8-12(11)13;1-9-3-4-12-11(7-9)10(5-6-13)8-14(12)2;1-8-3-4-11-10(5-8)9(6-12(14)15)7-13(11)2;1-9-3-4-12-11(7-9)10(5-6-14)8-13(12)2;12-7-1-2-9-8(4-7)6(5-11-9)3-10(13)14/h6-9H,4-5H2,1-3H3;3-4,7-8H,5-6,13H2,1-2H3;3-5,7H,6H2,1-2H3,(H,14,15);3-4,7-8,14H,5-6H2,1-2H3;1-2,4-5,11-12H,3H2,(H,13,14). The largest absolute Gasteiger partial charge is 0.508 e. The van der Waals surface area contributed by atoms with Crippen LogP contribution in [0.3, 0.4) is 0 Å². The van der Waals surface area contributed by atoms with Crippen LogP contribution in [-0.4, -0.2) is 68.8 Å². The zero-order valence-electron chi connectivity index (χ0n) is 42.7. The SMILES string of the molecule is CCCc1cn(C)c2ccc(C)cc12.Cc1ccc2c(c1)c(CC(=O)O)cn2C.Cc1ccc2c(c1)c(CCN)cn2C.Cc1ccc2c(c1)c(CCO)cn2C.O=C(O)Cc1c[nH]c2ccc(O)cc12. The van der Waals surface area contributed by atoms with Crippen LogP contribution in [0.25, 0.3) is 54.5 Å². The lowest BCUT2D eigenvalue weighted by atomic mass is 10.1. The van der Waals surface area contributed by atoms with E-state index in [1.165, 1.54) is 78.9 Å². The number of rotatable bonds is 10. The Labute approximate surface area is 416 Å². The molecule has 12 nitrogen and oxygen atoms in total. The highest BCUT2D eigenvalue weighted by Crippen LogP contribution is 2.27. The molecule has 0 unspecified atom stereocenters. The van der Waals surface area contributed by atoms with Crippen molar-refractivity contribution in [2.75, 3.05) is 13.2 Å². The molecule has 0 amide bonds. The molecule has 0 aliphatic rings. The van der Waals surface area contributed by atoms with Gasteiger partial charge in [0, 0.05) is 120 Å². The highest BCUT2D eigenvalue weighted by Gasteiger charge is 2.11. The molecule has 10 rings (SSSR count). The van der Waals surface area contributed by atoms with E-state index in [2.05, 4.69) is 134 Å². The van der Waals surface area contributed by atoms with Gasteiger partial charge in [-0.25, -0.2) is 0 Å². The van der Waals surface area contributed by atoms with Crippen LogP contribution in [0.15, 0.2) is 122 Å². The molecule has 0 saturated heterocycles. The number of nitrogens with two attached hydrogens (primary N) is 1. The molecule has 0 saturated carbocycles. The Morgan fingerprint density at radius 1 is 0.507 bits per heavy atom. The Morgan fingerprint density at radius 2 is 0.887 bits per heavy atom. The number of fused-ring (bicyclic) bond motifs is 5. The summed E-state index contributed by atoms with van der Waals surface area (Å²) < 4.78 is 8.46. The second-order valence-corrected chi connectivity index (χ2v) is 18.6. The summed E-state index contributed by atoms with van der Waals surface area (Å²) in [6.45, 7) is 11.5. The van der Waals surface area contributed by atoms with Crippen LogP contribution >= 0.6 is 0 Å². The number of aliphatic carboxylic acids is 2. The second kappa shape index (κ2) is 23.9. The number of carboxylic acids is 2. The van der Waals surface area contributed by atoms with Crippen LogP contribution < -0.4 is 5.73 Å². The van der Waals surface area contributed by atoms with Crippen LogP contribution in [0, 0.1) is 27.7 Å². The zero-order chi connectivity index (χ0) is 51.5. The molecule has 71 heavy (non-hydrogen) atoms. The van der Waals surface area contributed by atoms with E-state index in [4.69, 9.17) is 21.1 Å². The summed E-state index contributed by atoms with van der Waals surface area (Å²) in [5.74, 6) is -1.53. The van der Waals surface area contributed by atoms with Crippen molar-refractivity contribution in [2.24, 2.45) is 33.9 Å². The van der Waals surface area contributed by atoms with Gasteiger partial charge in [-0.05, 0) is 148 Å². The molecule has 0 aliphatic heterocycles. The lowest BCUT2D eigenvalue weighted by Crippen LogP contribution is -2.01. The van der Waals surface area contributed by atoms with Gasteiger partial charge >= 0.3 is 11.9 Å². The molecule has 12 heteroatoms. The van der Waals surface area contributed by atoms with E-state index in [0.717, 1.165) is 45.8 Å². The quantitative estimate of drug-likeness (QED) is 0.0790. The molecule has 0 aliphatic carbocycles. The van der Waals surface area contributed by atoms with Gasteiger partial charge in [-0.15, -0.1) is 0 Å². The smallest absolute Gasteiger partial charge is 0.307 e. The highest BCUT2D eigenvalue weighted by atomic mass is 16.4. The molecule has 5 heterocycles. The number of carboxylic acid groups (broad SMARTS) is 2. The fraction of sp³-hybridized carbons (Fsp3) is 0.288. The number of aliphatic hydroxyl groups is 1. The number of benzene rings is 5. The van der Waals surface area contributed by atoms with Crippen LogP contribution in [0.5, 0.6) is 5.75 Å². The molecule has 372 valence electrons. The fourth-order valence-corrected chi connectivity index (χ4v) is 9.27. The van der Waals surface area contributed by atoms with E-state index < -0.39 is 11.9 Å². The number of H-pyrrole nitrogens is 1. The third kappa shape index (κ3) is 13.2. The molecule has 10 aromatic rings. The molecule has 0 bridgehead atoms. The number of aromatic nitrogens is 5. The Morgan fingerprint density at radius 3 is 1.28 bits per heavy atom. The summed E-state index contributed by atoms with van der Waals surface area (Å²) in [5.41, 5.74) is 22.1. The summed E-state index contributed by atoms with van der Waals surface area (Å²) in [7, 11) is 8.18. The summed E-state index contributed by atoms with van der Waals surface area (Å²) in [6.07, 6.45) is 14.2. The van der Waals surface area contributed by atoms with Crippen LogP contribution in [0.2, 0.25) is 0 Å². The van der Waals surface area contributed by atoms with Crippen LogP contribution in [0.4, 0.5) is 0 Å². The van der Waals surface area contributed by atoms with Crippen molar-refractivity contribution in [3.05, 3.63) is 172 Å². The number of nitrogens with one attached hydrogen (secondary N) is 1. The predicted molar refractivity (Wildman–Crippen MR) is 291 cm³/mol. The number of aliphatic hydroxyl groups excluding tert-OH is 1. The van der Waals surface area contributed by atoms with Gasteiger partial charge in [-0.2, -0.15) is 0 Å². The first-order valence-electron chi connectivity index (χ1n) is 24.1. The number of phenols is 1. The maximum absolute atomic E-state index is 10.7. The Balaban J connectivity index is 0.000000145. The van der Waals surface area contributed by atoms with E-state index in [9.17, 15) is 14.7 Å². The van der Waals surface area contributed by atoms with Crippen LogP contribution in [-0.2, 0) is 69.9 Å². The van der Waals surface area contributed by atoms with Crippen molar-refractivity contribution in [3.63, 3.8) is 0 Å². The van der Waals surface area contributed by atoms with Crippen molar-refractivity contribution in [1.82, 2.24) is 23.3 Å². The summed E-state index contributed by atoms with van der Waals surface area (Å²) in [5, 5.41) is 41.5. The topological polar surface area (TPSA) is 177 Å². The third-order valence-electron chi connectivity index (χ3n) is 12.7. The van der Waals surface area contributed by atoms with E-state index in [1.54, 1.807) is 24.4 Å². The van der Waals surface area contributed by atoms with Crippen LogP contribution in [0.1, 0.15) is 63.4 Å². The summed E-state index contributed by atoms with van der Waals surface area (Å²) >= 11 is 0. The average Bonchev–Trinajstić information content (AvgIpc) is 4.10. The normalized spacial score (nSPS) is 10.9. The zero-order valence-corrected chi connectivity index (χ0v) is 42.7. The Hall–Kier alpha value is -7.54. The lowest BCUT2D eigenvalue weighted by Gasteiger charge is -1.98. The van der Waals surface area contributed by atoms with E-state index in [0.29, 0.717) is 12.1 Å². The molecule has 0 spiro atoms. The summed E-state index contributed by atoms with van der Waals surface area (Å²) in [6, 6.07) is 30.6. The maximum atomic E-state index is 10.7. The highest BCUT2D eigenvalue weighted by molar-refractivity contribution is 5.90. The van der Waals surface area contributed by atoms with Gasteiger partial charge in [0.25, 0.3) is 0 Å². The first-order valence-corrected chi connectivity index (χ1v) is 24.1. The number of aromatic amines is 1. The van der Waals surface area contributed by atoms with Gasteiger partial charge in [-0.1, -0.05) is 59.9 Å². The molecular weight excluding hydrogens is 889 g/mol. The Kier molecular flexibility index (Phi) is 17.7. The van der Waals surface area contributed by atoms with Gasteiger partial charge in [0.15, 0.2) is 0 Å². The molecule has 0 fully saturated rings. The fourth-order valence-electron chi connectivity index (χ4n) is 9.27. The van der Waals surface area contributed by atoms with Crippen molar-refractivity contribution < 1.29 is 30.0 Å². The van der Waals surface area contributed by atoms with Gasteiger partial charge in [-0.3, -0.25) is 9.59 Å². The van der Waals surface area contributed by atoms with Crippen molar-refractivity contribution in [2.45, 2.75) is 73.1 Å². The van der Waals surface area contributed by atoms with Crippen molar-refractivity contribution in [1.29, 1.82) is 0 Å². The number of aryl methyl sites for hydroxylation is 9. The molecular formula is C59H70N6O6. The predicted octanol–water partition coefficient (Wildman–Crippen LogP) is 11.1. The van der Waals surface area contributed by atoms with Gasteiger partial charge < -0.3 is 49.4 Å².